The molecule has 0 atom stereocenters. The lowest BCUT2D eigenvalue weighted by molar-refractivity contribution is 0.425. The monoisotopic (exact) mass is 391 g/mol. The van der Waals surface area contributed by atoms with Crippen molar-refractivity contribution in [1.29, 1.82) is 0 Å². The van der Waals surface area contributed by atoms with Crippen LogP contribution in [0.5, 0.6) is 0 Å². The number of halogens is 1. The standard InChI is InChI=1S/C21H22FN7/c1-28(2)12-11-23-21-26-19(25-16-8-6-7-15(22)13-16)18-14-24-29(20(18)27-21)17-9-4-3-5-10-17/h3-10,13-14H,11-12H2,1-2H3,(H2,23,25,26,27). The molecule has 2 heterocycles. The van der Waals surface area contributed by atoms with Gasteiger partial charge in [-0.25, -0.2) is 9.07 Å². The van der Waals surface area contributed by atoms with Crippen molar-refractivity contribution < 1.29 is 4.39 Å². The van der Waals surface area contributed by atoms with Crippen molar-refractivity contribution in [2.75, 3.05) is 37.8 Å². The van der Waals surface area contributed by atoms with Crippen molar-refractivity contribution >= 4 is 28.5 Å². The van der Waals surface area contributed by atoms with E-state index < -0.39 is 0 Å². The lowest BCUT2D eigenvalue weighted by atomic mass is 10.3. The molecule has 0 aliphatic rings. The summed E-state index contributed by atoms with van der Waals surface area (Å²) in [6.45, 7) is 1.53. The van der Waals surface area contributed by atoms with Gasteiger partial charge >= 0.3 is 0 Å². The first-order chi connectivity index (χ1) is 14.1. The maximum atomic E-state index is 13.6. The molecule has 4 aromatic rings. The molecule has 0 spiro atoms. The van der Waals surface area contributed by atoms with E-state index in [1.54, 1.807) is 23.0 Å². The maximum absolute atomic E-state index is 13.6. The zero-order valence-corrected chi connectivity index (χ0v) is 16.3. The Morgan fingerprint density at radius 2 is 1.86 bits per heavy atom. The molecule has 8 heteroatoms. The number of hydrogen-bond acceptors (Lipinski definition) is 6. The Kier molecular flexibility index (Phi) is 5.35. The van der Waals surface area contributed by atoms with Gasteiger partial charge in [0.05, 0.1) is 17.3 Å². The second-order valence-electron chi connectivity index (χ2n) is 6.89. The van der Waals surface area contributed by atoms with Crippen molar-refractivity contribution in [3.63, 3.8) is 0 Å². The van der Waals surface area contributed by atoms with E-state index in [4.69, 9.17) is 0 Å². The van der Waals surface area contributed by atoms with Crippen LogP contribution >= 0.6 is 0 Å². The number of benzene rings is 2. The highest BCUT2D eigenvalue weighted by Gasteiger charge is 2.14. The van der Waals surface area contributed by atoms with E-state index in [1.165, 1.54) is 12.1 Å². The van der Waals surface area contributed by atoms with E-state index in [0.29, 0.717) is 29.6 Å². The molecule has 0 unspecified atom stereocenters. The number of para-hydroxylation sites is 1. The largest absolute Gasteiger partial charge is 0.353 e. The number of anilines is 3. The number of fused-ring (bicyclic) bond motifs is 1. The average molecular weight is 391 g/mol. The highest BCUT2D eigenvalue weighted by molar-refractivity contribution is 5.90. The topological polar surface area (TPSA) is 70.9 Å². The molecule has 0 aliphatic heterocycles. The summed E-state index contributed by atoms with van der Waals surface area (Å²) in [5.74, 6) is 0.732. The summed E-state index contributed by atoms with van der Waals surface area (Å²) in [5, 5.41) is 11.7. The Labute approximate surface area is 168 Å². The third-order valence-corrected chi connectivity index (χ3v) is 4.36. The molecule has 2 aromatic heterocycles. The molecular formula is C21H22FN7. The van der Waals surface area contributed by atoms with Gasteiger partial charge in [-0.3, -0.25) is 0 Å². The van der Waals surface area contributed by atoms with Crippen LogP contribution in [0.15, 0.2) is 60.8 Å². The smallest absolute Gasteiger partial charge is 0.226 e. The van der Waals surface area contributed by atoms with Crippen molar-refractivity contribution in [3.8, 4) is 5.69 Å². The van der Waals surface area contributed by atoms with Gasteiger partial charge < -0.3 is 15.5 Å². The van der Waals surface area contributed by atoms with Crippen LogP contribution in [0.2, 0.25) is 0 Å². The van der Waals surface area contributed by atoms with E-state index >= 15 is 0 Å². The molecule has 0 aliphatic carbocycles. The summed E-state index contributed by atoms with van der Waals surface area (Å²) in [6.07, 6.45) is 1.72. The van der Waals surface area contributed by atoms with Crippen LogP contribution in [-0.4, -0.2) is 51.8 Å². The predicted molar refractivity (Wildman–Crippen MR) is 113 cm³/mol. The van der Waals surface area contributed by atoms with Gasteiger partial charge in [0.15, 0.2) is 5.65 Å². The number of nitrogens with zero attached hydrogens (tertiary/aromatic N) is 5. The first-order valence-corrected chi connectivity index (χ1v) is 9.32. The molecule has 0 fully saturated rings. The number of rotatable bonds is 7. The SMILES string of the molecule is CN(C)CCNc1nc(Nc2cccc(F)c2)c2cnn(-c3ccccc3)c2n1. The third-order valence-electron chi connectivity index (χ3n) is 4.36. The highest BCUT2D eigenvalue weighted by atomic mass is 19.1. The Bertz CT molecular complexity index is 1110. The number of nitrogens with one attached hydrogen (secondary N) is 2. The molecule has 0 saturated heterocycles. The van der Waals surface area contributed by atoms with Crippen molar-refractivity contribution in [2.24, 2.45) is 0 Å². The molecule has 0 amide bonds. The molecule has 2 aromatic carbocycles. The van der Waals surface area contributed by atoms with Gasteiger partial charge in [-0.05, 0) is 44.4 Å². The van der Waals surface area contributed by atoms with E-state index in [2.05, 4.69) is 30.6 Å². The van der Waals surface area contributed by atoms with Crippen LogP contribution in [-0.2, 0) is 0 Å². The Morgan fingerprint density at radius 1 is 1.03 bits per heavy atom. The molecule has 0 saturated carbocycles. The van der Waals surface area contributed by atoms with Crippen LogP contribution in [0.1, 0.15) is 0 Å². The first kappa shape index (κ1) is 18.8. The highest BCUT2D eigenvalue weighted by Crippen LogP contribution is 2.27. The van der Waals surface area contributed by atoms with Crippen LogP contribution in [0, 0.1) is 5.82 Å². The molecule has 29 heavy (non-hydrogen) atoms. The quantitative estimate of drug-likeness (QED) is 0.501. The second-order valence-corrected chi connectivity index (χ2v) is 6.89. The Hall–Kier alpha value is -3.52. The minimum absolute atomic E-state index is 0.315. The molecule has 0 bridgehead atoms. The lowest BCUT2D eigenvalue weighted by Gasteiger charge is -2.13. The van der Waals surface area contributed by atoms with E-state index in [-0.39, 0.29) is 5.82 Å². The summed E-state index contributed by atoms with van der Waals surface area (Å²) < 4.78 is 15.4. The van der Waals surface area contributed by atoms with E-state index in [0.717, 1.165) is 17.6 Å². The predicted octanol–water partition coefficient (Wildman–Crippen LogP) is 3.67. The lowest BCUT2D eigenvalue weighted by Crippen LogP contribution is -2.21. The van der Waals surface area contributed by atoms with Gasteiger partial charge in [0.1, 0.15) is 11.6 Å². The fourth-order valence-electron chi connectivity index (χ4n) is 2.93. The van der Waals surface area contributed by atoms with Gasteiger partial charge in [0.2, 0.25) is 5.95 Å². The maximum Gasteiger partial charge on any atom is 0.226 e. The molecule has 0 radical (unpaired) electrons. The van der Waals surface area contributed by atoms with Crippen LogP contribution in [0.25, 0.3) is 16.7 Å². The minimum Gasteiger partial charge on any atom is -0.353 e. The van der Waals surface area contributed by atoms with Gasteiger partial charge in [-0.1, -0.05) is 24.3 Å². The van der Waals surface area contributed by atoms with Crippen LogP contribution in [0.3, 0.4) is 0 Å². The Balaban J connectivity index is 1.76. The third kappa shape index (κ3) is 4.33. The van der Waals surface area contributed by atoms with E-state index in [9.17, 15) is 4.39 Å². The summed E-state index contributed by atoms with van der Waals surface area (Å²) in [4.78, 5) is 11.4. The van der Waals surface area contributed by atoms with Gasteiger partial charge in [-0.15, -0.1) is 0 Å². The summed E-state index contributed by atoms with van der Waals surface area (Å²) in [7, 11) is 4.01. The fourth-order valence-corrected chi connectivity index (χ4v) is 2.93. The molecule has 2 N–H and O–H groups in total. The first-order valence-electron chi connectivity index (χ1n) is 9.32. The molecular weight excluding hydrogens is 369 g/mol. The number of hydrogen-bond donors (Lipinski definition) is 2. The van der Waals surface area contributed by atoms with Gasteiger partial charge in [0, 0.05) is 18.8 Å². The van der Waals surface area contributed by atoms with Crippen LogP contribution < -0.4 is 10.6 Å². The normalized spacial score (nSPS) is 11.2. The number of aromatic nitrogens is 4. The molecule has 4 rings (SSSR count). The fraction of sp³-hybridized carbons (Fsp3) is 0.190. The Morgan fingerprint density at radius 3 is 2.62 bits per heavy atom. The van der Waals surface area contributed by atoms with E-state index in [1.807, 2.05) is 44.4 Å². The number of likely N-dealkylation sites (N-methyl/N-ethyl adjacent to an activating group) is 1. The van der Waals surface area contributed by atoms with Crippen molar-refractivity contribution in [3.05, 3.63) is 66.6 Å². The minimum atomic E-state index is -0.315. The molecule has 7 nitrogen and oxygen atoms in total. The van der Waals surface area contributed by atoms with Crippen molar-refractivity contribution in [1.82, 2.24) is 24.6 Å². The van der Waals surface area contributed by atoms with Gasteiger partial charge in [-0.2, -0.15) is 15.1 Å². The average Bonchev–Trinajstić information content (AvgIpc) is 3.13. The summed E-state index contributed by atoms with van der Waals surface area (Å²) in [5.41, 5.74) is 2.17. The zero-order valence-electron chi connectivity index (χ0n) is 16.3. The second kappa shape index (κ2) is 8.24. The summed E-state index contributed by atoms with van der Waals surface area (Å²) >= 11 is 0. The zero-order chi connectivity index (χ0) is 20.2. The molecule has 148 valence electrons. The van der Waals surface area contributed by atoms with Crippen molar-refractivity contribution in [2.45, 2.75) is 0 Å². The summed E-state index contributed by atoms with van der Waals surface area (Å²) in [6, 6.07) is 16.1. The van der Waals surface area contributed by atoms with Crippen LogP contribution in [0.4, 0.5) is 21.8 Å². The van der Waals surface area contributed by atoms with Gasteiger partial charge in [0.25, 0.3) is 0 Å².